The Morgan fingerprint density at radius 3 is 2.88 bits per heavy atom. The van der Waals surface area contributed by atoms with Crippen LogP contribution in [0.15, 0.2) is 41.5 Å². The average molecular weight is 349 g/mol. The molecule has 132 valence electrons. The second-order valence-electron chi connectivity index (χ2n) is 7.23. The number of pyridine rings is 1. The van der Waals surface area contributed by atoms with Crippen LogP contribution in [0.4, 0.5) is 0 Å². The zero-order valence-corrected chi connectivity index (χ0v) is 14.3. The first kappa shape index (κ1) is 15.3. The van der Waals surface area contributed by atoms with Crippen LogP contribution in [0.2, 0.25) is 0 Å². The molecule has 7 heteroatoms. The van der Waals surface area contributed by atoms with Crippen molar-refractivity contribution in [2.45, 2.75) is 25.3 Å². The van der Waals surface area contributed by atoms with Crippen molar-refractivity contribution < 1.29 is 4.79 Å². The number of carbonyl (C=O) groups is 1. The zero-order chi connectivity index (χ0) is 17.7. The molecule has 1 saturated heterocycles. The van der Waals surface area contributed by atoms with Crippen molar-refractivity contribution in [3.63, 3.8) is 0 Å². The number of nitrogens with zero attached hydrogens (tertiary/aromatic N) is 4. The van der Waals surface area contributed by atoms with Gasteiger partial charge in [-0.25, -0.2) is 9.67 Å². The molecule has 7 nitrogen and oxygen atoms in total. The molecule has 2 fully saturated rings. The molecule has 1 saturated carbocycles. The van der Waals surface area contributed by atoms with E-state index in [4.69, 9.17) is 0 Å². The molecule has 1 amide bonds. The summed E-state index contributed by atoms with van der Waals surface area (Å²) in [7, 11) is 0. The summed E-state index contributed by atoms with van der Waals surface area (Å²) in [6.07, 6.45) is 5.75. The van der Waals surface area contributed by atoms with Gasteiger partial charge in [0.05, 0.1) is 17.8 Å². The second kappa shape index (κ2) is 5.79. The van der Waals surface area contributed by atoms with Crippen LogP contribution >= 0.6 is 0 Å². The Hall–Kier alpha value is -2.96. The van der Waals surface area contributed by atoms with Crippen molar-refractivity contribution in [2.24, 2.45) is 5.92 Å². The number of H-pyrrole nitrogens is 1. The minimum absolute atomic E-state index is 0.00698. The quantitative estimate of drug-likeness (QED) is 0.778. The van der Waals surface area contributed by atoms with Gasteiger partial charge < -0.3 is 9.88 Å². The van der Waals surface area contributed by atoms with Crippen molar-refractivity contribution in [2.75, 3.05) is 13.1 Å². The molecule has 1 N–H and O–H groups in total. The molecule has 3 aromatic rings. The van der Waals surface area contributed by atoms with Gasteiger partial charge in [0, 0.05) is 48.8 Å². The van der Waals surface area contributed by atoms with E-state index in [1.807, 2.05) is 23.1 Å². The highest BCUT2D eigenvalue weighted by molar-refractivity contribution is 6.06. The predicted octanol–water partition coefficient (Wildman–Crippen LogP) is 1.77. The highest BCUT2D eigenvalue weighted by atomic mass is 16.2. The van der Waals surface area contributed by atoms with Gasteiger partial charge in [0.2, 0.25) is 0 Å². The van der Waals surface area contributed by atoms with E-state index in [9.17, 15) is 9.59 Å². The summed E-state index contributed by atoms with van der Waals surface area (Å²) < 4.78 is 1.57. The normalized spacial score (nSPS) is 17.5. The van der Waals surface area contributed by atoms with Crippen LogP contribution in [0.25, 0.3) is 11.0 Å². The Kier molecular flexibility index (Phi) is 3.41. The summed E-state index contributed by atoms with van der Waals surface area (Å²) in [6.45, 7) is 1.86. The van der Waals surface area contributed by atoms with E-state index in [2.05, 4.69) is 15.1 Å². The fraction of sp³-hybridized carbons (Fsp3) is 0.368. The number of aromatic nitrogens is 4. The molecule has 0 spiro atoms. The highest BCUT2D eigenvalue weighted by Crippen LogP contribution is 2.38. The molecule has 1 aliphatic heterocycles. The maximum absolute atomic E-state index is 12.7. The van der Waals surface area contributed by atoms with E-state index in [1.165, 1.54) is 0 Å². The van der Waals surface area contributed by atoms with Gasteiger partial charge in [0.25, 0.3) is 11.5 Å². The number of rotatable bonds is 4. The second-order valence-corrected chi connectivity index (χ2v) is 7.23. The topological polar surface area (TPSA) is 83.9 Å². The van der Waals surface area contributed by atoms with Gasteiger partial charge in [-0.1, -0.05) is 0 Å². The van der Waals surface area contributed by atoms with Crippen molar-refractivity contribution in [1.29, 1.82) is 0 Å². The first-order valence-corrected chi connectivity index (χ1v) is 8.98. The number of aromatic amines is 1. The maximum atomic E-state index is 12.7. The lowest BCUT2D eigenvalue weighted by atomic mass is 9.99. The Bertz CT molecular complexity index is 1040. The van der Waals surface area contributed by atoms with E-state index < -0.39 is 0 Å². The molecule has 0 unspecified atom stereocenters. The van der Waals surface area contributed by atoms with Crippen molar-refractivity contribution >= 4 is 16.9 Å². The molecule has 5 rings (SSSR count). The Labute approximate surface area is 149 Å². The highest BCUT2D eigenvalue weighted by Gasteiger charge is 2.33. The summed E-state index contributed by atoms with van der Waals surface area (Å²) in [4.78, 5) is 33.8. The van der Waals surface area contributed by atoms with E-state index >= 15 is 0 Å². The average Bonchev–Trinajstić information content (AvgIpc) is 3.37. The van der Waals surface area contributed by atoms with Gasteiger partial charge >= 0.3 is 0 Å². The van der Waals surface area contributed by atoms with E-state index in [-0.39, 0.29) is 17.4 Å². The SMILES string of the molecule is O=C(c1c[nH]c2ncccc12)N1CC(Cn2nc(C3CC3)ccc2=O)C1. The largest absolute Gasteiger partial charge is 0.345 e. The number of amides is 1. The predicted molar refractivity (Wildman–Crippen MR) is 96.0 cm³/mol. The smallest absolute Gasteiger partial charge is 0.266 e. The molecule has 1 aliphatic carbocycles. The minimum Gasteiger partial charge on any atom is -0.345 e. The molecule has 0 atom stereocenters. The maximum Gasteiger partial charge on any atom is 0.266 e. The number of hydrogen-bond acceptors (Lipinski definition) is 4. The third-order valence-corrected chi connectivity index (χ3v) is 5.24. The fourth-order valence-corrected chi connectivity index (χ4v) is 3.59. The third-order valence-electron chi connectivity index (χ3n) is 5.24. The first-order valence-electron chi connectivity index (χ1n) is 8.98. The van der Waals surface area contributed by atoms with Crippen LogP contribution in [0.5, 0.6) is 0 Å². The zero-order valence-electron chi connectivity index (χ0n) is 14.3. The molecule has 0 bridgehead atoms. The van der Waals surface area contributed by atoms with Crippen LogP contribution in [0.1, 0.15) is 34.8 Å². The van der Waals surface area contributed by atoms with Gasteiger partial charge in [-0.3, -0.25) is 9.59 Å². The lowest BCUT2D eigenvalue weighted by Crippen LogP contribution is -2.52. The lowest BCUT2D eigenvalue weighted by Gasteiger charge is -2.39. The molecular weight excluding hydrogens is 330 g/mol. The summed E-state index contributed by atoms with van der Waals surface area (Å²) in [6, 6.07) is 7.19. The van der Waals surface area contributed by atoms with Crippen LogP contribution in [-0.4, -0.2) is 43.6 Å². The molecule has 26 heavy (non-hydrogen) atoms. The monoisotopic (exact) mass is 349 g/mol. The minimum atomic E-state index is -0.0677. The van der Waals surface area contributed by atoms with Crippen LogP contribution in [0.3, 0.4) is 0 Å². The number of likely N-dealkylation sites (tertiary alicyclic amines) is 1. The molecular formula is C19H19N5O2. The summed E-state index contributed by atoms with van der Waals surface area (Å²) in [5.41, 5.74) is 2.32. The van der Waals surface area contributed by atoms with Crippen LogP contribution in [0, 0.1) is 5.92 Å². The molecule has 0 radical (unpaired) electrons. The van der Waals surface area contributed by atoms with E-state index in [0.717, 1.165) is 29.6 Å². The summed E-state index contributed by atoms with van der Waals surface area (Å²) in [5.74, 6) is 0.797. The summed E-state index contributed by atoms with van der Waals surface area (Å²) in [5, 5.41) is 5.35. The number of fused-ring (bicyclic) bond motifs is 1. The van der Waals surface area contributed by atoms with E-state index in [0.29, 0.717) is 31.1 Å². The molecule has 0 aromatic carbocycles. The van der Waals surface area contributed by atoms with Gasteiger partial charge in [-0.2, -0.15) is 5.10 Å². The van der Waals surface area contributed by atoms with Crippen LogP contribution < -0.4 is 5.56 Å². The fourth-order valence-electron chi connectivity index (χ4n) is 3.59. The number of hydrogen-bond donors (Lipinski definition) is 1. The number of carbonyl (C=O) groups excluding carboxylic acids is 1. The van der Waals surface area contributed by atoms with Gasteiger partial charge in [-0.15, -0.1) is 0 Å². The number of nitrogens with one attached hydrogen (secondary N) is 1. The van der Waals surface area contributed by atoms with Gasteiger partial charge in [0.15, 0.2) is 0 Å². The Morgan fingerprint density at radius 2 is 2.08 bits per heavy atom. The molecule has 2 aliphatic rings. The summed E-state index contributed by atoms with van der Waals surface area (Å²) >= 11 is 0. The third kappa shape index (κ3) is 2.60. The Balaban J connectivity index is 1.27. The standard InChI is InChI=1S/C19H19N5O2/c25-17-6-5-16(13-3-4-13)22-24(17)11-12-9-23(10-12)19(26)15-8-21-18-14(15)2-1-7-20-18/h1-2,5-8,12-13H,3-4,9-11H2,(H,20,21). The molecule has 3 aromatic heterocycles. The van der Waals surface area contributed by atoms with Gasteiger partial charge in [-0.05, 0) is 31.0 Å². The van der Waals surface area contributed by atoms with Gasteiger partial charge in [0.1, 0.15) is 5.65 Å². The van der Waals surface area contributed by atoms with Crippen molar-refractivity contribution in [3.8, 4) is 0 Å². The van der Waals surface area contributed by atoms with Crippen LogP contribution in [-0.2, 0) is 6.54 Å². The lowest BCUT2D eigenvalue weighted by molar-refractivity contribution is 0.0460. The first-order chi connectivity index (χ1) is 12.7. The Morgan fingerprint density at radius 1 is 1.23 bits per heavy atom. The van der Waals surface area contributed by atoms with Crippen molar-refractivity contribution in [1.82, 2.24) is 24.6 Å². The van der Waals surface area contributed by atoms with Crippen molar-refractivity contribution in [3.05, 3.63) is 58.3 Å². The molecule has 4 heterocycles. The van der Waals surface area contributed by atoms with E-state index in [1.54, 1.807) is 23.1 Å².